The third-order valence-electron chi connectivity index (χ3n) is 5.51. The lowest BCUT2D eigenvalue weighted by molar-refractivity contribution is -0.130. The zero-order valence-corrected chi connectivity index (χ0v) is 18.6. The second kappa shape index (κ2) is 10.7. The highest BCUT2D eigenvalue weighted by Gasteiger charge is 2.17. The van der Waals surface area contributed by atoms with Crippen LogP contribution in [-0.4, -0.2) is 34.0 Å². The number of aryl methyl sites for hydroxylation is 1. The Kier molecular flexibility index (Phi) is 7.25. The zero-order valence-electron chi connectivity index (χ0n) is 18.6. The molecule has 0 atom stereocenters. The van der Waals surface area contributed by atoms with Gasteiger partial charge in [-0.2, -0.15) is 4.98 Å². The van der Waals surface area contributed by atoms with E-state index in [1.807, 2.05) is 54.3 Å². The largest absolute Gasteiger partial charge is 0.342 e. The molecule has 5 nitrogen and oxygen atoms in total. The fraction of sp³-hybridized carbons (Fsp3) is 0.222. The van der Waals surface area contributed by atoms with Crippen molar-refractivity contribution in [2.75, 3.05) is 13.1 Å². The first-order valence-corrected chi connectivity index (χ1v) is 11.0. The molecule has 0 N–H and O–H groups in total. The highest BCUT2D eigenvalue weighted by Crippen LogP contribution is 2.17. The van der Waals surface area contributed by atoms with Crippen LogP contribution in [0.2, 0.25) is 0 Å². The summed E-state index contributed by atoms with van der Waals surface area (Å²) in [6, 6.07) is 24.0. The summed E-state index contributed by atoms with van der Waals surface area (Å²) in [4.78, 5) is 19.4. The van der Waals surface area contributed by atoms with Crippen molar-refractivity contribution in [2.45, 2.75) is 26.2 Å². The van der Waals surface area contributed by atoms with Crippen LogP contribution in [0, 0.1) is 12.7 Å². The number of benzene rings is 3. The van der Waals surface area contributed by atoms with E-state index in [1.165, 1.54) is 12.1 Å². The van der Waals surface area contributed by atoms with E-state index in [9.17, 15) is 9.18 Å². The quantitative estimate of drug-likeness (QED) is 0.364. The summed E-state index contributed by atoms with van der Waals surface area (Å²) in [6.07, 6.45) is 1.42. The van der Waals surface area contributed by atoms with Gasteiger partial charge in [0.2, 0.25) is 17.6 Å². The molecule has 4 rings (SSSR count). The number of halogens is 1. The Morgan fingerprint density at radius 2 is 1.58 bits per heavy atom. The standard InChI is InChI=1S/C27H26FN3O2/c1-20-7-11-23(12-8-20)27-29-25(33-30-27)16-18-31(17-15-21-5-3-2-4-6-21)26(32)19-22-9-13-24(28)14-10-22/h2-14H,15-19H2,1H3. The van der Waals surface area contributed by atoms with Crippen LogP contribution in [0.4, 0.5) is 4.39 Å². The van der Waals surface area contributed by atoms with Gasteiger partial charge in [0, 0.05) is 25.1 Å². The summed E-state index contributed by atoms with van der Waals surface area (Å²) in [7, 11) is 0. The van der Waals surface area contributed by atoms with Gasteiger partial charge in [-0.1, -0.05) is 77.5 Å². The molecule has 0 saturated carbocycles. The molecule has 0 aliphatic heterocycles. The molecule has 0 fully saturated rings. The second-order valence-corrected chi connectivity index (χ2v) is 8.05. The normalized spacial score (nSPS) is 10.8. The van der Waals surface area contributed by atoms with E-state index in [1.54, 1.807) is 12.1 Å². The highest BCUT2D eigenvalue weighted by atomic mass is 19.1. The molecule has 3 aromatic carbocycles. The molecule has 4 aromatic rings. The lowest BCUT2D eigenvalue weighted by Gasteiger charge is -2.22. The van der Waals surface area contributed by atoms with Gasteiger partial charge >= 0.3 is 0 Å². The van der Waals surface area contributed by atoms with Crippen LogP contribution >= 0.6 is 0 Å². The Balaban J connectivity index is 1.42. The molecule has 6 heteroatoms. The first-order valence-electron chi connectivity index (χ1n) is 11.0. The molecule has 33 heavy (non-hydrogen) atoms. The maximum Gasteiger partial charge on any atom is 0.228 e. The molecule has 1 heterocycles. The van der Waals surface area contributed by atoms with E-state index in [-0.39, 0.29) is 18.1 Å². The van der Waals surface area contributed by atoms with Gasteiger partial charge in [0.1, 0.15) is 5.82 Å². The number of rotatable bonds is 9. The molecule has 1 aromatic heterocycles. The predicted molar refractivity (Wildman–Crippen MR) is 125 cm³/mol. The first kappa shape index (κ1) is 22.4. The summed E-state index contributed by atoms with van der Waals surface area (Å²) in [5, 5.41) is 4.08. The van der Waals surface area contributed by atoms with Gasteiger partial charge < -0.3 is 9.42 Å². The van der Waals surface area contributed by atoms with Gasteiger partial charge in [-0.15, -0.1) is 0 Å². The number of nitrogens with zero attached hydrogens (tertiary/aromatic N) is 3. The number of hydrogen-bond donors (Lipinski definition) is 0. The Morgan fingerprint density at radius 1 is 0.879 bits per heavy atom. The van der Waals surface area contributed by atoms with Gasteiger partial charge in [-0.05, 0) is 36.6 Å². The second-order valence-electron chi connectivity index (χ2n) is 8.05. The Bertz CT molecular complexity index is 1170. The third kappa shape index (κ3) is 6.35. The van der Waals surface area contributed by atoms with E-state index < -0.39 is 0 Å². The smallest absolute Gasteiger partial charge is 0.228 e. The summed E-state index contributed by atoms with van der Waals surface area (Å²) >= 11 is 0. The number of carbonyl (C=O) groups excluding carboxylic acids is 1. The van der Waals surface area contributed by atoms with Crippen LogP contribution in [-0.2, 0) is 24.1 Å². The van der Waals surface area contributed by atoms with Crippen molar-refractivity contribution in [3.05, 3.63) is 107 Å². The number of amides is 1. The molecule has 0 aliphatic carbocycles. The molecule has 0 unspecified atom stereocenters. The lowest BCUT2D eigenvalue weighted by Crippen LogP contribution is -2.36. The van der Waals surface area contributed by atoms with Gasteiger partial charge in [0.25, 0.3) is 0 Å². The van der Waals surface area contributed by atoms with Crippen LogP contribution in [0.5, 0.6) is 0 Å². The van der Waals surface area contributed by atoms with Crippen molar-refractivity contribution in [1.82, 2.24) is 15.0 Å². The summed E-state index contributed by atoms with van der Waals surface area (Å²) in [5.74, 6) is 0.701. The van der Waals surface area contributed by atoms with Crippen LogP contribution in [0.3, 0.4) is 0 Å². The van der Waals surface area contributed by atoms with Crippen molar-refractivity contribution in [1.29, 1.82) is 0 Å². The van der Waals surface area contributed by atoms with Gasteiger partial charge in [-0.25, -0.2) is 4.39 Å². The van der Waals surface area contributed by atoms with Crippen LogP contribution in [0.25, 0.3) is 11.4 Å². The minimum absolute atomic E-state index is 0.0178. The predicted octanol–water partition coefficient (Wildman–Crippen LogP) is 5.04. The zero-order chi connectivity index (χ0) is 23.0. The molecule has 168 valence electrons. The maximum absolute atomic E-state index is 13.2. The van der Waals surface area contributed by atoms with Crippen LogP contribution in [0.15, 0.2) is 83.4 Å². The molecule has 0 aliphatic rings. The van der Waals surface area contributed by atoms with E-state index in [0.29, 0.717) is 31.2 Å². The maximum atomic E-state index is 13.2. The Morgan fingerprint density at radius 3 is 2.30 bits per heavy atom. The Labute approximate surface area is 192 Å². The molecular formula is C27H26FN3O2. The van der Waals surface area contributed by atoms with Crippen LogP contribution < -0.4 is 0 Å². The molecule has 0 saturated heterocycles. The summed E-state index contributed by atoms with van der Waals surface area (Å²) in [5.41, 5.74) is 4.00. The minimum Gasteiger partial charge on any atom is -0.342 e. The van der Waals surface area contributed by atoms with Crippen molar-refractivity contribution in [2.24, 2.45) is 0 Å². The van der Waals surface area contributed by atoms with E-state index in [2.05, 4.69) is 22.3 Å². The number of carbonyl (C=O) groups is 1. The van der Waals surface area contributed by atoms with Crippen molar-refractivity contribution in [3.63, 3.8) is 0 Å². The molecule has 1 amide bonds. The number of aromatic nitrogens is 2. The van der Waals surface area contributed by atoms with Gasteiger partial charge in [0.15, 0.2) is 0 Å². The van der Waals surface area contributed by atoms with Crippen molar-refractivity contribution < 1.29 is 13.7 Å². The SMILES string of the molecule is Cc1ccc(-c2noc(CCN(CCc3ccccc3)C(=O)Cc3ccc(F)cc3)n2)cc1. The molecule has 0 bridgehead atoms. The average Bonchev–Trinajstić information content (AvgIpc) is 3.30. The third-order valence-corrected chi connectivity index (χ3v) is 5.51. The molecule has 0 spiro atoms. The summed E-state index contributed by atoms with van der Waals surface area (Å²) < 4.78 is 18.7. The fourth-order valence-electron chi connectivity index (χ4n) is 3.57. The van der Waals surface area contributed by atoms with Crippen LogP contribution in [0.1, 0.15) is 22.6 Å². The minimum atomic E-state index is -0.312. The molecule has 0 radical (unpaired) electrons. The fourth-order valence-corrected chi connectivity index (χ4v) is 3.57. The van der Waals surface area contributed by atoms with Gasteiger partial charge in [0.05, 0.1) is 6.42 Å². The average molecular weight is 444 g/mol. The number of hydrogen-bond acceptors (Lipinski definition) is 4. The van der Waals surface area contributed by atoms with E-state index in [0.717, 1.165) is 28.7 Å². The van der Waals surface area contributed by atoms with E-state index >= 15 is 0 Å². The highest BCUT2D eigenvalue weighted by molar-refractivity contribution is 5.78. The monoisotopic (exact) mass is 443 g/mol. The lowest BCUT2D eigenvalue weighted by atomic mass is 10.1. The van der Waals surface area contributed by atoms with Crippen molar-refractivity contribution >= 4 is 5.91 Å². The summed E-state index contributed by atoms with van der Waals surface area (Å²) in [6.45, 7) is 3.06. The Hall–Kier alpha value is -3.80. The van der Waals surface area contributed by atoms with Crippen molar-refractivity contribution in [3.8, 4) is 11.4 Å². The first-order chi connectivity index (χ1) is 16.1. The topological polar surface area (TPSA) is 59.2 Å². The van der Waals surface area contributed by atoms with Gasteiger partial charge in [-0.3, -0.25) is 4.79 Å². The molecular weight excluding hydrogens is 417 g/mol. The van der Waals surface area contributed by atoms with E-state index in [4.69, 9.17) is 4.52 Å².